The zero-order valence-electron chi connectivity index (χ0n) is 35.4. The Morgan fingerprint density at radius 2 is 0.635 bits per heavy atom. The van der Waals surface area contributed by atoms with Crippen molar-refractivity contribution in [1.29, 1.82) is 0 Å². The van der Waals surface area contributed by atoms with Crippen molar-refractivity contribution in [2.75, 3.05) is 13.2 Å². The number of hydrogen-bond acceptors (Lipinski definition) is 6. The van der Waals surface area contributed by atoms with Gasteiger partial charge in [0.15, 0.2) is 6.10 Å². The number of unbranched alkanes of at least 4 members (excludes halogenated alkanes) is 25. The Bertz CT molecular complexity index is 794. The SMILES string of the molecule is CCCCCCCC(=O)OC[C@@H](COC(=O)CCCCCCCCCCCCC(C)C)OC(=O)CCCCCCCCCCCCCCCC(C)C. The maximum Gasteiger partial charge on any atom is 0.306 e. The van der Waals surface area contributed by atoms with Gasteiger partial charge < -0.3 is 14.2 Å². The second kappa shape index (κ2) is 39.1. The molecule has 6 heteroatoms. The fourth-order valence-electron chi connectivity index (χ4n) is 6.75. The normalized spacial score (nSPS) is 12.1. The molecule has 0 radical (unpaired) electrons. The third kappa shape index (κ3) is 39.6. The van der Waals surface area contributed by atoms with E-state index in [1.807, 2.05) is 0 Å². The van der Waals surface area contributed by atoms with Crippen LogP contribution < -0.4 is 0 Å². The van der Waals surface area contributed by atoms with Gasteiger partial charge in [-0.25, -0.2) is 0 Å². The molecule has 0 unspecified atom stereocenters. The molecule has 0 aromatic heterocycles. The Balaban J connectivity index is 4.18. The molecule has 0 aliphatic heterocycles. The first kappa shape index (κ1) is 50.4. The zero-order valence-corrected chi connectivity index (χ0v) is 35.4. The minimum Gasteiger partial charge on any atom is -0.462 e. The predicted molar refractivity (Wildman–Crippen MR) is 220 cm³/mol. The monoisotopic (exact) mass is 737 g/mol. The average molecular weight is 737 g/mol. The second-order valence-electron chi connectivity index (χ2n) is 16.6. The lowest BCUT2D eigenvalue weighted by Gasteiger charge is -2.18. The summed E-state index contributed by atoms with van der Waals surface area (Å²) in [5.74, 6) is 0.786. The highest BCUT2D eigenvalue weighted by Gasteiger charge is 2.19. The van der Waals surface area contributed by atoms with Crippen LogP contribution in [0.5, 0.6) is 0 Å². The molecular weight excluding hydrogens is 649 g/mol. The zero-order chi connectivity index (χ0) is 38.3. The molecule has 6 nitrogen and oxygen atoms in total. The van der Waals surface area contributed by atoms with Crippen LogP contribution in [0, 0.1) is 11.8 Å². The van der Waals surface area contributed by atoms with Crippen molar-refractivity contribution < 1.29 is 28.6 Å². The first-order valence-electron chi connectivity index (χ1n) is 22.7. The Kier molecular flexibility index (Phi) is 37.9. The van der Waals surface area contributed by atoms with E-state index in [0.29, 0.717) is 19.3 Å². The molecule has 0 aliphatic carbocycles. The Morgan fingerprint density at radius 3 is 0.942 bits per heavy atom. The molecule has 0 N–H and O–H groups in total. The molecule has 0 bridgehead atoms. The molecule has 0 saturated heterocycles. The van der Waals surface area contributed by atoms with Crippen LogP contribution in [0.2, 0.25) is 0 Å². The van der Waals surface area contributed by atoms with Crippen LogP contribution in [0.1, 0.15) is 247 Å². The fourth-order valence-corrected chi connectivity index (χ4v) is 6.75. The molecule has 0 spiro atoms. The lowest BCUT2D eigenvalue weighted by molar-refractivity contribution is -0.167. The van der Waals surface area contributed by atoms with E-state index >= 15 is 0 Å². The van der Waals surface area contributed by atoms with Crippen molar-refractivity contribution in [3.8, 4) is 0 Å². The lowest BCUT2D eigenvalue weighted by Crippen LogP contribution is -2.30. The van der Waals surface area contributed by atoms with Crippen LogP contribution in [0.4, 0.5) is 0 Å². The maximum absolute atomic E-state index is 12.7. The summed E-state index contributed by atoms with van der Waals surface area (Å²) in [6.07, 6.45) is 36.9. The molecule has 308 valence electrons. The molecule has 52 heavy (non-hydrogen) atoms. The van der Waals surface area contributed by atoms with Crippen LogP contribution >= 0.6 is 0 Å². The highest BCUT2D eigenvalue weighted by molar-refractivity contribution is 5.71. The summed E-state index contributed by atoms with van der Waals surface area (Å²) in [5, 5.41) is 0. The summed E-state index contributed by atoms with van der Waals surface area (Å²) in [5.41, 5.74) is 0. The van der Waals surface area contributed by atoms with Gasteiger partial charge in [-0.2, -0.15) is 0 Å². The second-order valence-corrected chi connectivity index (χ2v) is 16.6. The van der Waals surface area contributed by atoms with Gasteiger partial charge in [0.25, 0.3) is 0 Å². The van der Waals surface area contributed by atoms with Gasteiger partial charge in [-0.15, -0.1) is 0 Å². The van der Waals surface area contributed by atoms with E-state index < -0.39 is 6.10 Å². The molecule has 0 amide bonds. The fraction of sp³-hybridized carbons (Fsp3) is 0.935. The van der Waals surface area contributed by atoms with Crippen LogP contribution in [-0.2, 0) is 28.6 Å². The molecule has 0 aromatic carbocycles. The maximum atomic E-state index is 12.7. The van der Waals surface area contributed by atoms with E-state index in [2.05, 4.69) is 34.6 Å². The summed E-state index contributed by atoms with van der Waals surface area (Å²) >= 11 is 0. The van der Waals surface area contributed by atoms with Gasteiger partial charge in [0.05, 0.1) is 0 Å². The molecule has 0 saturated carbocycles. The predicted octanol–water partition coefficient (Wildman–Crippen LogP) is 14.2. The third-order valence-electron chi connectivity index (χ3n) is 10.2. The van der Waals surface area contributed by atoms with E-state index in [0.717, 1.165) is 76.0 Å². The molecule has 0 aliphatic rings. The van der Waals surface area contributed by atoms with E-state index in [-0.39, 0.29) is 31.1 Å². The van der Waals surface area contributed by atoms with Crippen LogP contribution in [-0.4, -0.2) is 37.2 Å². The summed E-state index contributed by atoms with van der Waals surface area (Å²) in [7, 11) is 0. The summed E-state index contributed by atoms with van der Waals surface area (Å²) in [6.45, 7) is 11.3. The minimum atomic E-state index is -0.758. The Morgan fingerprint density at radius 1 is 0.365 bits per heavy atom. The summed E-state index contributed by atoms with van der Waals surface area (Å²) < 4.78 is 16.6. The van der Waals surface area contributed by atoms with Crippen molar-refractivity contribution >= 4 is 17.9 Å². The molecular formula is C46H88O6. The minimum absolute atomic E-state index is 0.0658. The van der Waals surface area contributed by atoms with Gasteiger partial charge in [0.1, 0.15) is 13.2 Å². The van der Waals surface area contributed by atoms with Gasteiger partial charge in [-0.05, 0) is 31.1 Å². The van der Waals surface area contributed by atoms with E-state index in [9.17, 15) is 14.4 Å². The van der Waals surface area contributed by atoms with Crippen LogP contribution in [0.3, 0.4) is 0 Å². The van der Waals surface area contributed by atoms with Gasteiger partial charge in [-0.1, -0.05) is 208 Å². The standard InChI is InChI=1S/C46H88O6/c1-6-7-8-24-31-36-44(47)50-39-43(40-51-45(48)37-32-27-22-18-15-14-17-21-26-30-35-42(4)5)52-46(49)38-33-28-23-19-13-11-9-10-12-16-20-25-29-34-41(2)3/h41-43H,6-40H2,1-5H3/t43-/m0/s1. The molecule has 0 rings (SSSR count). The van der Waals surface area contributed by atoms with Crippen molar-refractivity contribution in [1.82, 2.24) is 0 Å². The van der Waals surface area contributed by atoms with Crippen LogP contribution in [0.25, 0.3) is 0 Å². The van der Waals surface area contributed by atoms with Crippen molar-refractivity contribution in [3.63, 3.8) is 0 Å². The molecule has 0 aromatic rings. The molecule has 1 atom stereocenters. The topological polar surface area (TPSA) is 78.9 Å². The smallest absolute Gasteiger partial charge is 0.306 e. The van der Waals surface area contributed by atoms with Gasteiger partial charge in [-0.3, -0.25) is 14.4 Å². The third-order valence-corrected chi connectivity index (χ3v) is 10.2. The van der Waals surface area contributed by atoms with Gasteiger partial charge >= 0.3 is 17.9 Å². The number of carbonyl (C=O) groups excluding carboxylic acids is 3. The van der Waals surface area contributed by atoms with Crippen molar-refractivity contribution in [2.45, 2.75) is 253 Å². The number of rotatable bonds is 40. The number of hydrogen-bond donors (Lipinski definition) is 0. The van der Waals surface area contributed by atoms with Crippen LogP contribution in [0.15, 0.2) is 0 Å². The molecule has 0 heterocycles. The largest absolute Gasteiger partial charge is 0.462 e. The average Bonchev–Trinajstić information content (AvgIpc) is 3.11. The number of ether oxygens (including phenoxy) is 3. The Labute approximate surface area is 323 Å². The van der Waals surface area contributed by atoms with Crippen molar-refractivity contribution in [3.05, 3.63) is 0 Å². The van der Waals surface area contributed by atoms with E-state index in [1.165, 1.54) is 128 Å². The quantitative estimate of drug-likeness (QED) is 0.0354. The first-order chi connectivity index (χ1) is 25.2. The number of carbonyl (C=O) groups is 3. The summed E-state index contributed by atoms with van der Waals surface area (Å²) in [6, 6.07) is 0. The highest BCUT2D eigenvalue weighted by Crippen LogP contribution is 2.16. The summed E-state index contributed by atoms with van der Waals surface area (Å²) in [4.78, 5) is 37.5. The molecule has 0 fully saturated rings. The van der Waals surface area contributed by atoms with Crippen molar-refractivity contribution in [2.24, 2.45) is 11.8 Å². The van der Waals surface area contributed by atoms with E-state index in [1.54, 1.807) is 0 Å². The number of esters is 3. The highest BCUT2D eigenvalue weighted by atomic mass is 16.6. The van der Waals surface area contributed by atoms with E-state index in [4.69, 9.17) is 14.2 Å². The Hall–Kier alpha value is -1.59. The van der Waals surface area contributed by atoms with Gasteiger partial charge in [0.2, 0.25) is 0 Å². The lowest BCUT2D eigenvalue weighted by atomic mass is 10.0. The first-order valence-corrected chi connectivity index (χ1v) is 22.7. The van der Waals surface area contributed by atoms with Gasteiger partial charge in [0, 0.05) is 19.3 Å².